The number of amides is 1. The van der Waals surface area contributed by atoms with Crippen LogP contribution in [0.25, 0.3) is 10.9 Å². The van der Waals surface area contributed by atoms with Gasteiger partial charge in [0.25, 0.3) is 5.91 Å². The number of rotatable bonds is 4. The highest BCUT2D eigenvalue weighted by atomic mass is 16.2. The fourth-order valence-electron chi connectivity index (χ4n) is 2.11. The highest BCUT2D eigenvalue weighted by Gasteiger charge is 2.17. The Morgan fingerprint density at radius 3 is 2.90 bits per heavy atom. The largest absolute Gasteiger partial charge is 0.398 e. The molecular weight excluding hydrogens is 250 g/mol. The van der Waals surface area contributed by atoms with E-state index in [1.807, 2.05) is 31.2 Å². The number of para-hydroxylation sites is 1. The maximum absolute atomic E-state index is 12.4. The number of carbonyl (C=O) groups is 1. The number of nitrogens with zero attached hydrogens (tertiary/aromatic N) is 2. The molecule has 1 amide bonds. The molecule has 20 heavy (non-hydrogen) atoms. The summed E-state index contributed by atoms with van der Waals surface area (Å²) in [4.78, 5) is 18.4. The van der Waals surface area contributed by atoms with E-state index in [1.165, 1.54) is 0 Å². The van der Waals surface area contributed by atoms with Gasteiger partial charge < -0.3 is 10.6 Å². The van der Waals surface area contributed by atoms with Crippen molar-refractivity contribution < 1.29 is 4.79 Å². The van der Waals surface area contributed by atoms with Gasteiger partial charge in [-0.05, 0) is 18.6 Å². The van der Waals surface area contributed by atoms with Crippen LogP contribution in [0, 0.1) is 12.3 Å². The van der Waals surface area contributed by atoms with Gasteiger partial charge in [-0.25, -0.2) is 4.98 Å². The molecule has 1 aromatic heterocycles. The Morgan fingerprint density at radius 2 is 2.20 bits per heavy atom. The number of nitrogen functional groups attached to an aromatic ring is 1. The van der Waals surface area contributed by atoms with E-state index in [9.17, 15) is 4.79 Å². The van der Waals surface area contributed by atoms with Crippen molar-refractivity contribution in [1.82, 2.24) is 9.88 Å². The number of anilines is 1. The fraction of sp³-hybridized carbons (Fsp3) is 0.250. The first-order chi connectivity index (χ1) is 9.67. The SMILES string of the molecule is C#CCN(CCC)C(=O)c1cc(N)c2ccccc2n1. The molecule has 1 heterocycles. The second-order valence-electron chi connectivity index (χ2n) is 4.54. The fourth-order valence-corrected chi connectivity index (χ4v) is 2.11. The Morgan fingerprint density at radius 1 is 1.45 bits per heavy atom. The third-order valence-corrected chi connectivity index (χ3v) is 3.03. The molecule has 2 aromatic rings. The van der Waals surface area contributed by atoms with E-state index in [-0.39, 0.29) is 12.5 Å². The Hall–Kier alpha value is -2.54. The number of fused-ring (bicyclic) bond motifs is 1. The Bertz CT molecular complexity index is 673. The summed E-state index contributed by atoms with van der Waals surface area (Å²) in [6, 6.07) is 9.10. The zero-order valence-electron chi connectivity index (χ0n) is 11.5. The normalized spacial score (nSPS) is 10.2. The molecule has 0 aliphatic rings. The van der Waals surface area contributed by atoms with Crippen molar-refractivity contribution in [2.45, 2.75) is 13.3 Å². The number of carbonyl (C=O) groups excluding carboxylic acids is 1. The van der Waals surface area contributed by atoms with Crippen LogP contribution in [-0.2, 0) is 0 Å². The summed E-state index contributed by atoms with van der Waals surface area (Å²) in [5, 5.41) is 0.850. The summed E-state index contributed by atoms with van der Waals surface area (Å²) in [5.41, 5.74) is 7.60. The van der Waals surface area contributed by atoms with Crippen molar-refractivity contribution in [3.8, 4) is 12.3 Å². The minimum absolute atomic E-state index is 0.178. The summed E-state index contributed by atoms with van der Waals surface area (Å²) in [7, 11) is 0. The first-order valence-electron chi connectivity index (χ1n) is 6.55. The van der Waals surface area contributed by atoms with Crippen molar-refractivity contribution in [3.05, 3.63) is 36.0 Å². The molecule has 0 saturated heterocycles. The summed E-state index contributed by atoms with van der Waals surface area (Å²) < 4.78 is 0. The lowest BCUT2D eigenvalue weighted by molar-refractivity contribution is 0.0771. The van der Waals surface area contributed by atoms with Crippen molar-refractivity contribution in [3.63, 3.8) is 0 Å². The van der Waals surface area contributed by atoms with Crippen LogP contribution in [0.4, 0.5) is 5.69 Å². The Labute approximate surface area is 118 Å². The van der Waals surface area contributed by atoms with Gasteiger partial charge in [0.1, 0.15) is 5.69 Å². The van der Waals surface area contributed by atoms with Crippen molar-refractivity contribution in [2.75, 3.05) is 18.8 Å². The molecule has 0 saturated carbocycles. The van der Waals surface area contributed by atoms with E-state index < -0.39 is 0 Å². The summed E-state index contributed by atoms with van der Waals surface area (Å²) in [6.07, 6.45) is 6.15. The van der Waals surface area contributed by atoms with Crippen LogP contribution in [0.15, 0.2) is 30.3 Å². The van der Waals surface area contributed by atoms with Gasteiger partial charge in [0, 0.05) is 17.6 Å². The van der Waals surface area contributed by atoms with Crippen molar-refractivity contribution in [1.29, 1.82) is 0 Å². The predicted molar refractivity (Wildman–Crippen MR) is 81.2 cm³/mol. The summed E-state index contributed by atoms with van der Waals surface area (Å²) >= 11 is 0. The molecule has 4 nitrogen and oxygen atoms in total. The number of nitrogens with two attached hydrogens (primary N) is 1. The monoisotopic (exact) mass is 267 g/mol. The Balaban J connectivity index is 2.41. The number of terminal acetylenes is 1. The average molecular weight is 267 g/mol. The van der Waals surface area contributed by atoms with Gasteiger partial charge in [0.15, 0.2) is 0 Å². The number of hydrogen-bond acceptors (Lipinski definition) is 3. The van der Waals surface area contributed by atoms with E-state index in [4.69, 9.17) is 12.2 Å². The molecule has 0 fully saturated rings. The van der Waals surface area contributed by atoms with Gasteiger partial charge in [0.05, 0.1) is 12.1 Å². The van der Waals surface area contributed by atoms with Crippen LogP contribution < -0.4 is 5.73 Å². The number of aromatic nitrogens is 1. The predicted octanol–water partition coefficient (Wildman–Crippen LogP) is 2.30. The summed E-state index contributed by atoms with van der Waals surface area (Å²) in [5.74, 6) is 2.32. The van der Waals surface area contributed by atoms with Gasteiger partial charge in [-0.15, -0.1) is 6.42 Å². The molecule has 102 valence electrons. The third-order valence-electron chi connectivity index (χ3n) is 3.03. The van der Waals surface area contributed by atoms with Crippen LogP contribution in [0.5, 0.6) is 0 Å². The van der Waals surface area contributed by atoms with Crippen molar-refractivity contribution >= 4 is 22.5 Å². The zero-order valence-corrected chi connectivity index (χ0v) is 11.5. The minimum Gasteiger partial charge on any atom is -0.398 e. The third kappa shape index (κ3) is 2.72. The van der Waals surface area contributed by atoms with E-state index in [0.29, 0.717) is 23.4 Å². The molecule has 2 rings (SSSR count). The molecule has 1 aromatic carbocycles. The number of pyridine rings is 1. The molecule has 0 aliphatic heterocycles. The molecule has 0 aliphatic carbocycles. The molecule has 0 radical (unpaired) electrons. The first kappa shape index (κ1) is 13.9. The minimum atomic E-state index is -0.178. The van der Waals surface area contributed by atoms with Crippen LogP contribution in [0.1, 0.15) is 23.8 Å². The first-order valence-corrected chi connectivity index (χ1v) is 6.55. The molecule has 2 N–H and O–H groups in total. The second-order valence-corrected chi connectivity index (χ2v) is 4.54. The van der Waals surface area contributed by atoms with Gasteiger partial charge in [-0.1, -0.05) is 31.0 Å². The highest BCUT2D eigenvalue weighted by molar-refractivity contribution is 5.99. The molecular formula is C16H17N3O. The highest BCUT2D eigenvalue weighted by Crippen LogP contribution is 2.20. The number of benzene rings is 1. The molecule has 4 heteroatoms. The lowest BCUT2D eigenvalue weighted by atomic mass is 10.1. The lowest BCUT2D eigenvalue weighted by Gasteiger charge is -2.19. The maximum Gasteiger partial charge on any atom is 0.273 e. The maximum atomic E-state index is 12.4. The van der Waals surface area contributed by atoms with E-state index in [2.05, 4.69) is 10.9 Å². The van der Waals surface area contributed by atoms with Crippen LogP contribution in [-0.4, -0.2) is 28.9 Å². The lowest BCUT2D eigenvalue weighted by Crippen LogP contribution is -2.32. The molecule has 0 unspecified atom stereocenters. The Kier molecular flexibility index (Phi) is 4.21. The topological polar surface area (TPSA) is 59.2 Å². The van der Waals surface area contributed by atoms with E-state index >= 15 is 0 Å². The average Bonchev–Trinajstić information content (AvgIpc) is 2.46. The van der Waals surface area contributed by atoms with Gasteiger partial charge >= 0.3 is 0 Å². The van der Waals surface area contributed by atoms with E-state index in [1.54, 1.807) is 11.0 Å². The van der Waals surface area contributed by atoms with Crippen LogP contribution >= 0.6 is 0 Å². The van der Waals surface area contributed by atoms with Gasteiger partial charge in [0.2, 0.25) is 0 Å². The molecule has 0 bridgehead atoms. The second kappa shape index (κ2) is 6.07. The number of hydrogen-bond donors (Lipinski definition) is 1. The van der Waals surface area contributed by atoms with Gasteiger partial charge in [-0.2, -0.15) is 0 Å². The summed E-state index contributed by atoms with van der Waals surface area (Å²) in [6.45, 7) is 2.89. The quantitative estimate of drug-likeness (QED) is 0.865. The van der Waals surface area contributed by atoms with Crippen LogP contribution in [0.3, 0.4) is 0 Å². The standard InChI is InChI=1S/C16H17N3O/c1-3-9-19(10-4-2)16(20)15-11-13(17)12-7-5-6-8-14(12)18-15/h1,5-8,11H,4,9-10H2,2H3,(H2,17,18). The molecule has 0 atom stereocenters. The zero-order chi connectivity index (χ0) is 14.5. The smallest absolute Gasteiger partial charge is 0.273 e. The van der Waals surface area contributed by atoms with Crippen LogP contribution in [0.2, 0.25) is 0 Å². The van der Waals surface area contributed by atoms with Gasteiger partial charge in [-0.3, -0.25) is 4.79 Å². The molecule has 0 spiro atoms. The van der Waals surface area contributed by atoms with E-state index in [0.717, 1.165) is 11.8 Å². The van der Waals surface area contributed by atoms with Crippen molar-refractivity contribution in [2.24, 2.45) is 0 Å².